The molecule has 2 N–H and O–H groups in total. The number of hydrogen-bond donors (Lipinski definition) is 2. The standard InChI is InChI=1S/C24H34N4O4/c1-3-4-5-23(29)26-19-6-7-22(20(17-19)21-8-11-25-27(21)2)32-15-14-28-12-9-18(10-13-28)16-24(30)31/h6-8,11,17-18H,3-5,9-10,12-16H2,1-2H3,(H,26,29)(H,30,31). The summed E-state index contributed by atoms with van der Waals surface area (Å²) in [5.41, 5.74) is 2.55. The Morgan fingerprint density at radius 2 is 2.03 bits per heavy atom. The molecule has 8 heteroatoms. The number of carboxylic acid groups (broad SMARTS) is 1. The summed E-state index contributed by atoms with van der Waals surface area (Å²) in [6.45, 7) is 5.20. The first-order chi connectivity index (χ1) is 15.5. The highest BCUT2D eigenvalue weighted by Crippen LogP contribution is 2.32. The number of nitrogens with zero attached hydrogens (tertiary/aromatic N) is 3. The fourth-order valence-corrected chi connectivity index (χ4v) is 4.08. The van der Waals surface area contributed by atoms with E-state index in [1.54, 1.807) is 10.9 Å². The molecule has 1 aromatic heterocycles. The molecule has 0 bridgehead atoms. The Kier molecular flexibility index (Phi) is 8.67. The number of nitrogens with one attached hydrogen (secondary N) is 1. The van der Waals surface area contributed by atoms with Crippen LogP contribution in [0, 0.1) is 5.92 Å². The zero-order valence-corrected chi connectivity index (χ0v) is 19.0. The highest BCUT2D eigenvalue weighted by atomic mass is 16.5. The summed E-state index contributed by atoms with van der Waals surface area (Å²) in [6.07, 6.45) is 6.20. The van der Waals surface area contributed by atoms with E-state index in [0.717, 1.165) is 68.0 Å². The minimum Gasteiger partial charge on any atom is -0.492 e. The Morgan fingerprint density at radius 3 is 2.69 bits per heavy atom. The van der Waals surface area contributed by atoms with Crippen LogP contribution in [0.1, 0.15) is 45.4 Å². The van der Waals surface area contributed by atoms with Crippen molar-refractivity contribution in [2.75, 3.05) is 31.6 Å². The second kappa shape index (κ2) is 11.7. The molecule has 1 aliphatic rings. The average Bonchev–Trinajstić information content (AvgIpc) is 3.19. The maximum Gasteiger partial charge on any atom is 0.303 e. The van der Waals surface area contributed by atoms with Crippen LogP contribution in [0.2, 0.25) is 0 Å². The molecular formula is C24H34N4O4. The van der Waals surface area contributed by atoms with Crippen molar-refractivity contribution in [3.8, 4) is 17.0 Å². The van der Waals surface area contributed by atoms with Crippen molar-refractivity contribution in [1.29, 1.82) is 0 Å². The van der Waals surface area contributed by atoms with Crippen molar-refractivity contribution in [2.24, 2.45) is 13.0 Å². The van der Waals surface area contributed by atoms with Gasteiger partial charge in [0, 0.05) is 43.9 Å². The lowest BCUT2D eigenvalue weighted by atomic mass is 9.94. The Hall–Kier alpha value is -2.87. The molecule has 1 aromatic carbocycles. The van der Waals surface area contributed by atoms with E-state index in [9.17, 15) is 9.59 Å². The number of carbonyl (C=O) groups is 2. The van der Waals surface area contributed by atoms with Crippen LogP contribution in [0.25, 0.3) is 11.3 Å². The summed E-state index contributed by atoms with van der Waals surface area (Å²) >= 11 is 0. The zero-order chi connectivity index (χ0) is 22.9. The first-order valence-electron chi connectivity index (χ1n) is 11.5. The third-order valence-corrected chi connectivity index (χ3v) is 5.95. The summed E-state index contributed by atoms with van der Waals surface area (Å²) in [5.74, 6) is 0.337. The summed E-state index contributed by atoms with van der Waals surface area (Å²) in [5, 5.41) is 16.2. The smallest absolute Gasteiger partial charge is 0.303 e. The Morgan fingerprint density at radius 1 is 1.25 bits per heavy atom. The number of anilines is 1. The predicted molar refractivity (Wildman–Crippen MR) is 124 cm³/mol. The molecule has 0 atom stereocenters. The lowest BCUT2D eigenvalue weighted by Crippen LogP contribution is -2.37. The molecule has 2 heterocycles. The maximum atomic E-state index is 12.2. The molecule has 1 amide bonds. The summed E-state index contributed by atoms with van der Waals surface area (Å²) < 4.78 is 7.94. The van der Waals surface area contributed by atoms with Gasteiger partial charge in [-0.05, 0) is 62.5 Å². The first kappa shape index (κ1) is 23.8. The molecule has 2 aromatic rings. The number of aromatic nitrogens is 2. The number of rotatable bonds is 11. The number of amides is 1. The predicted octanol–water partition coefficient (Wildman–Crippen LogP) is 3.78. The number of aryl methyl sites for hydroxylation is 1. The summed E-state index contributed by atoms with van der Waals surface area (Å²) in [7, 11) is 1.88. The van der Waals surface area contributed by atoms with Crippen LogP contribution < -0.4 is 10.1 Å². The van der Waals surface area contributed by atoms with Crippen LogP contribution in [0.3, 0.4) is 0 Å². The van der Waals surface area contributed by atoms with Crippen molar-refractivity contribution in [3.05, 3.63) is 30.5 Å². The topological polar surface area (TPSA) is 96.7 Å². The van der Waals surface area contributed by atoms with Crippen LogP contribution >= 0.6 is 0 Å². The van der Waals surface area contributed by atoms with Crippen molar-refractivity contribution >= 4 is 17.6 Å². The van der Waals surface area contributed by atoms with Gasteiger partial charge in [-0.25, -0.2) is 0 Å². The van der Waals surface area contributed by atoms with Crippen LogP contribution in [-0.4, -0.2) is 57.9 Å². The van der Waals surface area contributed by atoms with E-state index in [2.05, 4.69) is 22.2 Å². The number of hydrogen-bond acceptors (Lipinski definition) is 5. The molecule has 8 nitrogen and oxygen atoms in total. The number of aliphatic carboxylic acids is 1. The number of carbonyl (C=O) groups excluding carboxylic acids is 1. The van der Waals surface area contributed by atoms with Crippen molar-refractivity contribution in [2.45, 2.75) is 45.4 Å². The third kappa shape index (κ3) is 6.82. The second-order valence-electron chi connectivity index (χ2n) is 8.43. The van der Waals surface area contributed by atoms with Gasteiger partial charge < -0.3 is 15.2 Å². The van der Waals surface area contributed by atoms with Gasteiger partial charge in [0.1, 0.15) is 12.4 Å². The first-order valence-corrected chi connectivity index (χ1v) is 11.5. The Bertz CT molecular complexity index is 903. The van der Waals surface area contributed by atoms with E-state index < -0.39 is 5.97 Å². The van der Waals surface area contributed by atoms with Gasteiger partial charge in [0.2, 0.25) is 5.91 Å². The largest absolute Gasteiger partial charge is 0.492 e. The maximum absolute atomic E-state index is 12.2. The van der Waals surface area contributed by atoms with Crippen LogP contribution in [-0.2, 0) is 16.6 Å². The molecule has 32 heavy (non-hydrogen) atoms. The number of carboxylic acids is 1. The molecule has 1 saturated heterocycles. The van der Waals surface area contributed by atoms with Gasteiger partial charge in [-0.15, -0.1) is 0 Å². The fraction of sp³-hybridized carbons (Fsp3) is 0.542. The van der Waals surface area contributed by atoms with Gasteiger partial charge in [-0.1, -0.05) is 13.3 Å². The molecule has 0 saturated carbocycles. The lowest BCUT2D eigenvalue weighted by molar-refractivity contribution is -0.138. The van der Waals surface area contributed by atoms with Gasteiger partial charge in [0.15, 0.2) is 0 Å². The number of ether oxygens (including phenoxy) is 1. The van der Waals surface area contributed by atoms with Crippen LogP contribution in [0.15, 0.2) is 30.5 Å². The molecule has 0 spiro atoms. The minimum atomic E-state index is -0.709. The SMILES string of the molecule is CCCCC(=O)Nc1ccc(OCCN2CCC(CC(=O)O)CC2)c(-c2ccnn2C)c1. The Balaban J connectivity index is 1.61. The average molecular weight is 443 g/mol. The molecule has 174 valence electrons. The Labute approximate surface area is 189 Å². The molecule has 1 aliphatic heterocycles. The van der Waals surface area contributed by atoms with Crippen LogP contribution in [0.4, 0.5) is 5.69 Å². The van der Waals surface area contributed by atoms with Crippen molar-refractivity contribution in [3.63, 3.8) is 0 Å². The number of benzene rings is 1. The molecule has 0 radical (unpaired) electrons. The quantitative estimate of drug-likeness (QED) is 0.550. The third-order valence-electron chi connectivity index (χ3n) is 5.95. The normalized spacial score (nSPS) is 14.9. The van der Waals surface area contributed by atoms with Gasteiger partial charge >= 0.3 is 5.97 Å². The van der Waals surface area contributed by atoms with Gasteiger partial charge in [0.05, 0.1) is 5.69 Å². The minimum absolute atomic E-state index is 0.0165. The zero-order valence-electron chi connectivity index (χ0n) is 19.0. The number of piperidine rings is 1. The van der Waals surface area contributed by atoms with E-state index in [1.165, 1.54) is 0 Å². The van der Waals surface area contributed by atoms with Gasteiger partial charge in [-0.2, -0.15) is 5.10 Å². The lowest BCUT2D eigenvalue weighted by Gasteiger charge is -2.31. The summed E-state index contributed by atoms with van der Waals surface area (Å²) in [6, 6.07) is 7.64. The fourth-order valence-electron chi connectivity index (χ4n) is 4.08. The molecule has 3 rings (SSSR count). The molecular weight excluding hydrogens is 408 g/mol. The van der Waals surface area contributed by atoms with Gasteiger partial charge in [0.25, 0.3) is 0 Å². The van der Waals surface area contributed by atoms with Crippen molar-refractivity contribution < 1.29 is 19.4 Å². The van der Waals surface area contributed by atoms with Crippen LogP contribution in [0.5, 0.6) is 5.75 Å². The molecule has 0 aliphatic carbocycles. The summed E-state index contributed by atoms with van der Waals surface area (Å²) in [4.78, 5) is 25.4. The van der Waals surface area contributed by atoms with Crippen molar-refractivity contribution in [1.82, 2.24) is 14.7 Å². The highest BCUT2D eigenvalue weighted by Gasteiger charge is 2.21. The number of likely N-dealkylation sites (tertiary alicyclic amines) is 1. The van der Waals surface area contributed by atoms with E-state index in [-0.39, 0.29) is 18.2 Å². The van der Waals surface area contributed by atoms with E-state index in [1.807, 2.05) is 31.3 Å². The molecule has 1 fully saturated rings. The van der Waals surface area contributed by atoms with E-state index >= 15 is 0 Å². The van der Waals surface area contributed by atoms with E-state index in [0.29, 0.717) is 13.0 Å². The van der Waals surface area contributed by atoms with E-state index in [4.69, 9.17) is 9.84 Å². The number of unbranched alkanes of at least 4 members (excludes halogenated alkanes) is 1. The van der Waals surface area contributed by atoms with Gasteiger partial charge in [-0.3, -0.25) is 19.2 Å². The highest BCUT2D eigenvalue weighted by molar-refractivity contribution is 5.91. The monoisotopic (exact) mass is 442 g/mol. The molecule has 0 unspecified atom stereocenters. The second-order valence-corrected chi connectivity index (χ2v) is 8.43.